The maximum absolute atomic E-state index is 3.78. The molecule has 0 rings (SSSR count). The van der Waals surface area contributed by atoms with E-state index in [2.05, 4.69) is 29.7 Å². The lowest BCUT2D eigenvalue weighted by Crippen LogP contribution is -1.87. The Bertz CT molecular complexity index is 64.6. The zero-order chi connectivity index (χ0) is 5.86. The summed E-state index contributed by atoms with van der Waals surface area (Å²) >= 11 is 0. The predicted molar refractivity (Wildman–Crippen MR) is 38.6 cm³/mol. The first-order chi connectivity index (χ1) is 3.13. The van der Waals surface area contributed by atoms with E-state index in [9.17, 15) is 0 Å². The van der Waals surface area contributed by atoms with Gasteiger partial charge in [-0.15, -0.1) is 15.8 Å². The molecule has 7 heavy (non-hydrogen) atoms. The Hall–Kier alpha value is 0.170. The van der Waals surface area contributed by atoms with Crippen LogP contribution in [0.3, 0.4) is 0 Å². The van der Waals surface area contributed by atoms with Crippen LogP contribution in [0.5, 0.6) is 0 Å². The summed E-state index contributed by atoms with van der Waals surface area (Å²) in [5, 5.41) is 0. The summed E-state index contributed by atoms with van der Waals surface area (Å²) in [6, 6.07) is 0. The molecule has 0 aromatic heterocycles. The lowest BCUT2D eigenvalue weighted by Gasteiger charge is -1.99. The van der Waals surface area contributed by atoms with E-state index in [1.54, 1.807) is 0 Å². The Morgan fingerprint density at radius 2 is 2.29 bits per heavy atom. The predicted octanol–water partition coefficient (Wildman–Crippen LogP) is 2.22. The summed E-state index contributed by atoms with van der Waals surface area (Å²) in [5.74, 6) is 0. The third-order valence-electron chi connectivity index (χ3n) is 0.670. The molecule has 0 spiro atoms. The van der Waals surface area contributed by atoms with E-state index in [0.29, 0.717) is 5.66 Å². The molecule has 0 aliphatic rings. The third-order valence-corrected chi connectivity index (χ3v) is 0.906. The van der Waals surface area contributed by atoms with E-state index in [1.807, 2.05) is 0 Å². The summed E-state index contributed by atoms with van der Waals surface area (Å²) in [4.78, 5) is 0. The van der Waals surface area contributed by atoms with Gasteiger partial charge in [0, 0.05) is 0 Å². The molecule has 2 unspecified atom stereocenters. The highest BCUT2D eigenvalue weighted by molar-refractivity contribution is 7.17. The van der Waals surface area contributed by atoms with Crippen molar-refractivity contribution >= 4 is 9.24 Å². The van der Waals surface area contributed by atoms with Crippen LogP contribution in [0.4, 0.5) is 0 Å². The molecule has 0 saturated carbocycles. The van der Waals surface area contributed by atoms with Gasteiger partial charge in [0.15, 0.2) is 0 Å². The fourth-order valence-corrected chi connectivity index (χ4v) is 0.952. The molecule has 42 valence electrons. The van der Waals surface area contributed by atoms with Gasteiger partial charge in [-0.25, -0.2) is 0 Å². The Morgan fingerprint density at radius 1 is 1.86 bits per heavy atom. The van der Waals surface area contributed by atoms with Crippen molar-refractivity contribution in [2.45, 2.75) is 25.9 Å². The second-order valence-corrected chi connectivity index (χ2v) is 3.28. The van der Waals surface area contributed by atoms with Gasteiger partial charge in [-0.1, -0.05) is 12.5 Å². The van der Waals surface area contributed by atoms with Crippen molar-refractivity contribution in [3.8, 4) is 0 Å². The molecule has 0 fully saturated rings. The van der Waals surface area contributed by atoms with E-state index in [4.69, 9.17) is 0 Å². The fourth-order valence-electron chi connectivity index (χ4n) is 0.550. The molecule has 0 radical (unpaired) electrons. The quantitative estimate of drug-likeness (QED) is 0.383. The van der Waals surface area contributed by atoms with Crippen LogP contribution in [-0.4, -0.2) is 5.66 Å². The number of hydrogen-bond acceptors (Lipinski definition) is 0. The first-order valence-electron chi connectivity index (χ1n) is 2.53. The molecular weight excluding hydrogens is 103 g/mol. The highest BCUT2D eigenvalue weighted by Gasteiger charge is 1.90. The topological polar surface area (TPSA) is 0 Å². The molecular formula is C6H13P. The smallest absolute Gasteiger partial charge is 0.0256 e. The van der Waals surface area contributed by atoms with Gasteiger partial charge in [0.2, 0.25) is 0 Å². The van der Waals surface area contributed by atoms with Crippen molar-refractivity contribution in [1.29, 1.82) is 0 Å². The molecule has 1 heteroatoms. The summed E-state index contributed by atoms with van der Waals surface area (Å²) in [5.41, 5.74) is 1.96. The number of rotatable bonds is 2. The highest BCUT2D eigenvalue weighted by Crippen LogP contribution is 2.08. The summed E-state index contributed by atoms with van der Waals surface area (Å²) in [6.45, 7) is 8.00. The van der Waals surface area contributed by atoms with E-state index >= 15 is 0 Å². The van der Waals surface area contributed by atoms with Crippen molar-refractivity contribution in [2.24, 2.45) is 0 Å². The average Bonchev–Trinajstić information content (AvgIpc) is 1.27. The lowest BCUT2D eigenvalue weighted by molar-refractivity contribution is 0.931. The van der Waals surface area contributed by atoms with Gasteiger partial charge in [0.05, 0.1) is 0 Å². The largest absolute Gasteiger partial charge is 0.134 e. The van der Waals surface area contributed by atoms with Gasteiger partial charge < -0.3 is 0 Å². The summed E-state index contributed by atoms with van der Waals surface area (Å²) < 4.78 is 0. The first-order valence-corrected chi connectivity index (χ1v) is 3.19. The second kappa shape index (κ2) is 3.21. The minimum absolute atomic E-state index is 0.692. The molecule has 0 aromatic carbocycles. The van der Waals surface area contributed by atoms with Gasteiger partial charge in [-0.2, -0.15) is 0 Å². The first kappa shape index (κ1) is 7.17. The average molecular weight is 116 g/mol. The van der Waals surface area contributed by atoms with Gasteiger partial charge in [0.25, 0.3) is 0 Å². The molecule has 0 amide bonds. The molecule has 0 nitrogen and oxygen atoms in total. The SMILES string of the molecule is C=C(C)CC(C)P. The maximum Gasteiger partial charge on any atom is -0.0256 e. The second-order valence-electron chi connectivity index (χ2n) is 2.14. The lowest BCUT2D eigenvalue weighted by atomic mass is 10.2. The summed E-state index contributed by atoms with van der Waals surface area (Å²) in [6.07, 6.45) is 1.13. The Morgan fingerprint density at radius 3 is 2.29 bits per heavy atom. The van der Waals surface area contributed by atoms with Crippen LogP contribution in [0.1, 0.15) is 20.3 Å². The molecule has 2 atom stereocenters. The Balaban J connectivity index is 3.13. The third kappa shape index (κ3) is 6.17. The molecule has 0 aliphatic heterocycles. The minimum atomic E-state index is 0.692. The monoisotopic (exact) mass is 116 g/mol. The van der Waals surface area contributed by atoms with Crippen molar-refractivity contribution in [3.63, 3.8) is 0 Å². The van der Waals surface area contributed by atoms with Gasteiger partial charge >= 0.3 is 0 Å². The van der Waals surface area contributed by atoms with E-state index in [-0.39, 0.29) is 0 Å². The molecule has 0 N–H and O–H groups in total. The van der Waals surface area contributed by atoms with Crippen molar-refractivity contribution in [2.75, 3.05) is 0 Å². The van der Waals surface area contributed by atoms with Crippen molar-refractivity contribution in [1.82, 2.24) is 0 Å². The molecule has 0 aliphatic carbocycles. The van der Waals surface area contributed by atoms with Crippen LogP contribution in [-0.2, 0) is 0 Å². The van der Waals surface area contributed by atoms with Crippen LogP contribution in [0.25, 0.3) is 0 Å². The van der Waals surface area contributed by atoms with E-state index < -0.39 is 0 Å². The van der Waals surface area contributed by atoms with E-state index in [1.165, 1.54) is 5.57 Å². The Kier molecular flexibility index (Phi) is 3.29. The van der Waals surface area contributed by atoms with E-state index in [0.717, 1.165) is 6.42 Å². The number of hydrogen-bond donors (Lipinski definition) is 0. The number of allylic oxidation sites excluding steroid dienone is 1. The standard InChI is InChI=1S/C6H13P/c1-5(2)4-6(3)7/h6H,1,4,7H2,2-3H3. The van der Waals surface area contributed by atoms with Crippen LogP contribution < -0.4 is 0 Å². The molecule has 0 bridgehead atoms. The van der Waals surface area contributed by atoms with Crippen LogP contribution in [0, 0.1) is 0 Å². The highest BCUT2D eigenvalue weighted by atomic mass is 31.0. The Labute approximate surface area is 48.2 Å². The van der Waals surface area contributed by atoms with Gasteiger partial charge in [-0.05, 0) is 19.0 Å². The van der Waals surface area contributed by atoms with Crippen LogP contribution >= 0.6 is 9.24 Å². The van der Waals surface area contributed by atoms with Gasteiger partial charge in [0.1, 0.15) is 0 Å². The van der Waals surface area contributed by atoms with Gasteiger partial charge in [-0.3, -0.25) is 0 Å². The molecule has 0 aromatic rings. The van der Waals surface area contributed by atoms with Crippen LogP contribution in [0.15, 0.2) is 12.2 Å². The maximum atomic E-state index is 3.78. The van der Waals surface area contributed by atoms with Crippen molar-refractivity contribution in [3.05, 3.63) is 12.2 Å². The molecule has 0 heterocycles. The fraction of sp³-hybridized carbons (Fsp3) is 0.667. The zero-order valence-electron chi connectivity index (χ0n) is 5.07. The van der Waals surface area contributed by atoms with Crippen molar-refractivity contribution < 1.29 is 0 Å². The normalized spacial score (nSPS) is 13.6. The van der Waals surface area contributed by atoms with Crippen LogP contribution in [0.2, 0.25) is 0 Å². The molecule has 0 saturated heterocycles. The summed E-state index contributed by atoms with van der Waals surface area (Å²) in [7, 11) is 2.74. The zero-order valence-corrected chi connectivity index (χ0v) is 6.22. The minimum Gasteiger partial charge on any atom is -0.134 e.